The smallest absolute Gasteiger partial charge is 0.240 e. The van der Waals surface area contributed by atoms with Crippen molar-refractivity contribution >= 4 is 10.0 Å². The summed E-state index contributed by atoms with van der Waals surface area (Å²) in [6, 6.07) is 7.81. The lowest BCUT2D eigenvalue weighted by Crippen LogP contribution is -2.41. The van der Waals surface area contributed by atoms with Crippen molar-refractivity contribution in [3.05, 3.63) is 29.8 Å². The van der Waals surface area contributed by atoms with Crippen LogP contribution in [-0.4, -0.2) is 51.2 Å². The molecule has 6 nitrogen and oxygen atoms in total. The maximum absolute atomic E-state index is 12.1. The van der Waals surface area contributed by atoms with Crippen LogP contribution in [0.15, 0.2) is 29.2 Å². The van der Waals surface area contributed by atoms with Crippen LogP contribution in [-0.2, 0) is 10.0 Å². The van der Waals surface area contributed by atoms with Crippen molar-refractivity contribution in [2.75, 3.05) is 32.8 Å². The van der Waals surface area contributed by atoms with Crippen LogP contribution in [0.25, 0.3) is 0 Å². The molecule has 1 aromatic rings. The van der Waals surface area contributed by atoms with Crippen LogP contribution in [0.5, 0.6) is 0 Å². The fraction of sp³-hybridized carbons (Fsp3) is 0.533. The highest BCUT2D eigenvalue weighted by Crippen LogP contribution is 2.15. The van der Waals surface area contributed by atoms with Gasteiger partial charge >= 0.3 is 0 Å². The van der Waals surface area contributed by atoms with Gasteiger partial charge in [0.2, 0.25) is 10.0 Å². The molecule has 0 amide bonds. The molecule has 1 atom stereocenters. The number of nitrogens with zero attached hydrogens (tertiary/aromatic N) is 2. The zero-order valence-electron chi connectivity index (χ0n) is 12.4. The van der Waals surface area contributed by atoms with E-state index < -0.39 is 10.0 Å². The van der Waals surface area contributed by atoms with Gasteiger partial charge in [0.15, 0.2) is 0 Å². The van der Waals surface area contributed by atoms with Gasteiger partial charge in [-0.3, -0.25) is 0 Å². The SMILES string of the molecule is N#Cc1ccc(S(=O)(=O)NCCN2CCCC(CO)C2)cc1. The highest BCUT2D eigenvalue weighted by atomic mass is 32.2. The third kappa shape index (κ3) is 4.52. The molecule has 2 N–H and O–H groups in total. The summed E-state index contributed by atoms with van der Waals surface area (Å²) in [4.78, 5) is 2.34. The molecule has 7 heteroatoms. The van der Waals surface area contributed by atoms with Crippen LogP contribution in [0.2, 0.25) is 0 Å². The first-order chi connectivity index (χ1) is 10.5. The number of nitrogens with one attached hydrogen (secondary N) is 1. The summed E-state index contributed by atoms with van der Waals surface area (Å²) in [7, 11) is -3.54. The van der Waals surface area contributed by atoms with Crippen molar-refractivity contribution in [2.24, 2.45) is 5.92 Å². The molecule has 0 radical (unpaired) electrons. The fourth-order valence-corrected chi connectivity index (χ4v) is 3.65. The Bertz CT molecular complexity index is 622. The minimum atomic E-state index is -3.54. The molecule has 1 heterocycles. The van der Waals surface area contributed by atoms with Crippen molar-refractivity contribution in [3.8, 4) is 6.07 Å². The van der Waals surface area contributed by atoms with Crippen molar-refractivity contribution in [3.63, 3.8) is 0 Å². The van der Waals surface area contributed by atoms with Gasteiger partial charge in [0.25, 0.3) is 0 Å². The van der Waals surface area contributed by atoms with Gasteiger partial charge < -0.3 is 10.0 Å². The van der Waals surface area contributed by atoms with Gasteiger partial charge in [-0.05, 0) is 49.6 Å². The minimum absolute atomic E-state index is 0.165. The van der Waals surface area contributed by atoms with Gasteiger partial charge in [-0.25, -0.2) is 13.1 Å². The average Bonchev–Trinajstić information content (AvgIpc) is 2.55. The van der Waals surface area contributed by atoms with E-state index in [1.807, 2.05) is 6.07 Å². The van der Waals surface area contributed by atoms with E-state index in [0.717, 1.165) is 25.9 Å². The maximum atomic E-state index is 12.1. The molecule has 0 bridgehead atoms. The molecule has 2 rings (SSSR count). The molecule has 0 spiro atoms. The Kier molecular flexibility index (Phi) is 5.91. The average molecular weight is 323 g/mol. The van der Waals surface area contributed by atoms with Crippen LogP contribution in [0, 0.1) is 17.2 Å². The number of aliphatic hydroxyl groups excluding tert-OH is 1. The van der Waals surface area contributed by atoms with Crippen LogP contribution in [0.3, 0.4) is 0 Å². The Morgan fingerprint density at radius 1 is 1.36 bits per heavy atom. The molecule has 22 heavy (non-hydrogen) atoms. The first-order valence-corrected chi connectivity index (χ1v) is 8.86. The quantitative estimate of drug-likeness (QED) is 0.797. The Labute approximate surface area is 131 Å². The molecule has 0 aromatic heterocycles. The molecule has 1 aliphatic heterocycles. The summed E-state index contributed by atoms with van der Waals surface area (Å²) in [5.41, 5.74) is 0.433. The number of hydrogen-bond acceptors (Lipinski definition) is 5. The third-order valence-corrected chi connectivity index (χ3v) is 5.35. The summed E-state index contributed by atoms with van der Waals surface area (Å²) in [6.45, 7) is 2.91. The molecule has 0 aliphatic carbocycles. The number of benzene rings is 1. The van der Waals surface area contributed by atoms with Gasteiger partial charge in [0.1, 0.15) is 0 Å². The number of hydrogen-bond donors (Lipinski definition) is 2. The second-order valence-electron chi connectivity index (χ2n) is 5.53. The number of sulfonamides is 1. The van der Waals surface area contributed by atoms with E-state index in [0.29, 0.717) is 24.6 Å². The first-order valence-electron chi connectivity index (χ1n) is 7.38. The zero-order valence-corrected chi connectivity index (χ0v) is 13.2. The normalized spacial score (nSPS) is 19.7. The van der Waals surface area contributed by atoms with Gasteiger partial charge in [-0.2, -0.15) is 5.26 Å². The largest absolute Gasteiger partial charge is 0.396 e. The highest BCUT2D eigenvalue weighted by molar-refractivity contribution is 7.89. The fourth-order valence-electron chi connectivity index (χ4n) is 2.63. The van der Waals surface area contributed by atoms with Crippen LogP contribution in [0.1, 0.15) is 18.4 Å². The van der Waals surface area contributed by atoms with Crippen molar-refractivity contribution < 1.29 is 13.5 Å². The van der Waals surface area contributed by atoms with E-state index in [1.54, 1.807) is 0 Å². The minimum Gasteiger partial charge on any atom is -0.396 e. The monoisotopic (exact) mass is 323 g/mol. The lowest BCUT2D eigenvalue weighted by atomic mass is 9.99. The summed E-state index contributed by atoms with van der Waals surface area (Å²) in [5, 5.41) is 17.9. The molecule has 1 saturated heterocycles. The second-order valence-corrected chi connectivity index (χ2v) is 7.29. The van der Waals surface area contributed by atoms with Gasteiger partial charge in [-0.15, -0.1) is 0 Å². The molecule has 1 aliphatic rings. The Morgan fingerprint density at radius 2 is 2.09 bits per heavy atom. The predicted molar refractivity (Wildman–Crippen MR) is 82.6 cm³/mol. The van der Waals surface area contributed by atoms with E-state index in [9.17, 15) is 13.5 Å². The van der Waals surface area contributed by atoms with Gasteiger partial charge in [-0.1, -0.05) is 0 Å². The second kappa shape index (κ2) is 7.70. The number of likely N-dealkylation sites (tertiary alicyclic amines) is 1. The van der Waals surface area contributed by atoms with Gasteiger partial charge in [0.05, 0.1) is 16.5 Å². The Balaban J connectivity index is 1.86. The molecular formula is C15H21N3O3S. The number of aliphatic hydroxyl groups is 1. The van der Waals surface area contributed by atoms with E-state index in [2.05, 4.69) is 9.62 Å². The van der Waals surface area contributed by atoms with Crippen LogP contribution >= 0.6 is 0 Å². The van der Waals surface area contributed by atoms with E-state index in [-0.39, 0.29) is 11.5 Å². The standard InChI is InChI=1S/C15H21N3O3S/c16-10-13-3-5-15(6-4-13)22(20,21)17-7-9-18-8-1-2-14(11-18)12-19/h3-6,14,17,19H,1-2,7-9,11-12H2. The molecule has 1 unspecified atom stereocenters. The third-order valence-electron chi connectivity index (χ3n) is 3.88. The maximum Gasteiger partial charge on any atom is 0.240 e. The van der Waals surface area contributed by atoms with Crippen molar-refractivity contribution in [1.82, 2.24) is 9.62 Å². The zero-order chi connectivity index (χ0) is 16.0. The summed E-state index contributed by atoms with van der Waals surface area (Å²) < 4.78 is 26.9. The Hall–Kier alpha value is -1.46. The predicted octanol–water partition coefficient (Wildman–Crippen LogP) is 0.541. The van der Waals surface area contributed by atoms with E-state index in [4.69, 9.17) is 5.26 Å². The molecular weight excluding hydrogens is 302 g/mol. The van der Waals surface area contributed by atoms with Crippen LogP contribution in [0.4, 0.5) is 0 Å². The van der Waals surface area contributed by atoms with Crippen LogP contribution < -0.4 is 4.72 Å². The first kappa shape index (κ1) is 16.9. The highest BCUT2D eigenvalue weighted by Gasteiger charge is 2.19. The number of nitriles is 1. The molecule has 1 fully saturated rings. The summed E-state index contributed by atoms with van der Waals surface area (Å²) >= 11 is 0. The number of rotatable bonds is 6. The summed E-state index contributed by atoms with van der Waals surface area (Å²) in [5.74, 6) is 0.295. The van der Waals surface area contributed by atoms with E-state index in [1.165, 1.54) is 24.3 Å². The lowest BCUT2D eigenvalue weighted by molar-refractivity contribution is 0.122. The van der Waals surface area contributed by atoms with E-state index >= 15 is 0 Å². The topological polar surface area (TPSA) is 93.4 Å². The number of piperidine rings is 1. The van der Waals surface area contributed by atoms with Gasteiger partial charge in [0, 0.05) is 26.2 Å². The Morgan fingerprint density at radius 3 is 2.73 bits per heavy atom. The molecule has 1 aromatic carbocycles. The lowest BCUT2D eigenvalue weighted by Gasteiger charge is -2.31. The summed E-state index contributed by atoms with van der Waals surface area (Å²) in [6.07, 6.45) is 2.07. The molecule has 120 valence electrons. The molecule has 0 saturated carbocycles. The van der Waals surface area contributed by atoms with Crippen molar-refractivity contribution in [1.29, 1.82) is 5.26 Å². The van der Waals surface area contributed by atoms with Crippen molar-refractivity contribution in [2.45, 2.75) is 17.7 Å².